The van der Waals surface area contributed by atoms with Gasteiger partial charge in [-0.15, -0.1) is 0 Å². The number of aromatic carboxylic acids is 1. The number of ether oxygens (including phenoxy) is 2. The van der Waals surface area contributed by atoms with Crippen LogP contribution in [0, 0.1) is 0 Å². The van der Waals surface area contributed by atoms with E-state index in [2.05, 4.69) is 4.90 Å². The quantitative estimate of drug-likeness (QED) is 0.793. The molecule has 2 saturated heterocycles. The minimum Gasteiger partial charge on any atom is -0.478 e. The molecule has 1 spiro atoms. The van der Waals surface area contributed by atoms with E-state index < -0.39 is 11.8 Å². The van der Waals surface area contributed by atoms with Crippen molar-refractivity contribution in [3.05, 3.63) is 23.8 Å². The largest absolute Gasteiger partial charge is 0.478 e. The Morgan fingerprint density at radius 2 is 1.90 bits per heavy atom. The minimum atomic E-state index is -0.964. The molecule has 0 amide bonds. The fraction of sp³-hybridized carbons (Fsp3) is 0.500. The molecule has 6 nitrogen and oxygen atoms in total. The Hall–Kier alpha value is -1.79. The molecule has 3 N–H and O–H groups in total. The maximum atomic E-state index is 10.9. The van der Waals surface area contributed by atoms with Crippen LogP contribution in [0.3, 0.4) is 0 Å². The van der Waals surface area contributed by atoms with Gasteiger partial charge in [0.1, 0.15) is 0 Å². The van der Waals surface area contributed by atoms with Crippen LogP contribution in [0.5, 0.6) is 0 Å². The van der Waals surface area contributed by atoms with Gasteiger partial charge in [-0.1, -0.05) is 0 Å². The Labute approximate surface area is 117 Å². The van der Waals surface area contributed by atoms with Crippen LogP contribution in [0.1, 0.15) is 23.2 Å². The highest BCUT2D eigenvalue weighted by atomic mass is 16.7. The lowest BCUT2D eigenvalue weighted by Gasteiger charge is -2.39. The van der Waals surface area contributed by atoms with Gasteiger partial charge in [-0.2, -0.15) is 0 Å². The molecule has 108 valence electrons. The van der Waals surface area contributed by atoms with Crippen molar-refractivity contribution in [1.82, 2.24) is 0 Å². The molecular weight excluding hydrogens is 260 g/mol. The summed E-state index contributed by atoms with van der Waals surface area (Å²) < 4.78 is 11.4. The van der Waals surface area contributed by atoms with Gasteiger partial charge in [0, 0.05) is 25.9 Å². The van der Waals surface area contributed by atoms with E-state index in [-0.39, 0.29) is 5.56 Å². The highest BCUT2D eigenvalue weighted by Gasteiger charge is 2.40. The van der Waals surface area contributed by atoms with Gasteiger partial charge < -0.3 is 25.2 Å². The Morgan fingerprint density at radius 3 is 2.45 bits per heavy atom. The molecule has 0 saturated carbocycles. The summed E-state index contributed by atoms with van der Waals surface area (Å²) in [5, 5.41) is 8.95. The van der Waals surface area contributed by atoms with Crippen LogP contribution < -0.4 is 10.6 Å². The van der Waals surface area contributed by atoms with E-state index in [0.717, 1.165) is 31.6 Å². The van der Waals surface area contributed by atoms with Crippen molar-refractivity contribution in [3.8, 4) is 0 Å². The SMILES string of the molecule is Nc1cc(C(=O)O)ccc1N1CCC2(CC1)OCCO2. The van der Waals surface area contributed by atoms with Gasteiger partial charge in [-0.3, -0.25) is 0 Å². The smallest absolute Gasteiger partial charge is 0.335 e. The summed E-state index contributed by atoms with van der Waals surface area (Å²) in [5.41, 5.74) is 7.55. The average Bonchev–Trinajstić information content (AvgIpc) is 2.88. The molecular formula is C14H18N2O4. The second kappa shape index (κ2) is 4.96. The fourth-order valence-corrected chi connectivity index (χ4v) is 2.85. The van der Waals surface area contributed by atoms with Crippen LogP contribution >= 0.6 is 0 Å². The molecule has 2 aliphatic rings. The summed E-state index contributed by atoms with van der Waals surface area (Å²) in [4.78, 5) is 13.1. The highest BCUT2D eigenvalue weighted by molar-refractivity contribution is 5.90. The number of hydrogen-bond acceptors (Lipinski definition) is 5. The zero-order chi connectivity index (χ0) is 14.2. The third-order valence-corrected chi connectivity index (χ3v) is 3.95. The van der Waals surface area contributed by atoms with E-state index in [0.29, 0.717) is 18.9 Å². The van der Waals surface area contributed by atoms with E-state index in [1.54, 1.807) is 12.1 Å². The topological polar surface area (TPSA) is 85.0 Å². The van der Waals surface area contributed by atoms with Crippen molar-refractivity contribution in [2.45, 2.75) is 18.6 Å². The second-order valence-corrected chi connectivity index (χ2v) is 5.17. The number of benzene rings is 1. The number of carboxylic acid groups (broad SMARTS) is 1. The molecule has 2 heterocycles. The molecule has 0 radical (unpaired) electrons. The van der Waals surface area contributed by atoms with Crippen molar-refractivity contribution >= 4 is 17.3 Å². The zero-order valence-corrected chi connectivity index (χ0v) is 11.2. The maximum Gasteiger partial charge on any atom is 0.335 e. The van der Waals surface area contributed by atoms with E-state index >= 15 is 0 Å². The fourth-order valence-electron chi connectivity index (χ4n) is 2.85. The Balaban J connectivity index is 1.73. The summed E-state index contributed by atoms with van der Waals surface area (Å²) in [5.74, 6) is -1.37. The van der Waals surface area contributed by atoms with E-state index in [4.69, 9.17) is 20.3 Å². The molecule has 20 heavy (non-hydrogen) atoms. The molecule has 0 atom stereocenters. The predicted molar refractivity (Wildman–Crippen MR) is 73.9 cm³/mol. The summed E-state index contributed by atoms with van der Waals surface area (Å²) in [6.07, 6.45) is 1.60. The molecule has 2 fully saturated rings. The molecule has 1 aromatic carbocycles. The number of piperidine rings is 1. The number of hydrogen-bond donors (Lipinski definition) is 2. The Kier molecular flexibility index (Phi) is 3.27. The van der Waals surface area contributed by atoms with Crippen molar-refractivity contribution < 1.29 is 19.4 Å². The molecule has 1 aromatic rings. The Bertz CT molecular complexity index is 516. The normalized spacial score (nSPS) is 21.3. The second-order valence-electron chi connectivity index (χ2n) is 5.17. The van der Waals surface area contributed by atoms with Crippen molar-refractivity contribution in [1.29, 1.82) is 0 Å². The molecule has 3 rings (SSSR count). The first-order valence-electron chi connectivity index (χ1n) is 6.75. The third-order valence-electron chi connectivity index (χ3n) is 3.95. The van der Waals surface area contributed by atoms with Crippen LogP contribution in [0.15, 0.2) is 18.2 Å². The van der Waals surface area contributed by atoms with Gasteiger partial charge >= 0.3 is 5.97 Å². The van der Waals surface area contributed by atoms with E-state index in [1.165, 1.54) is 6.07 Å². The number of nitrogens with two attached hydrogens (primary N) is 1. The number of nitrogens with zero attached hydrogens (tertiary/aromatic N) is 1. The number of nitrogen functional groups attached to an aromatic ring is 1. The average molecular weight is 278 g/mol. The highest BCUT2D eigenvalue weighted by Crippen LogP contribution is 2.35. The van der Waals surface area contributed by atoms with E-state index in [1.807, 2.05) is 0 Å². The van der Waals surface area contributed by atoms with Crippen molar-refractivity contribution in [2.24, 2.45) is 0 Å². The predicted octanol–water partition coefficient (Wildman–Crippen LogP) is 1.31. The number of carbonyl (C=O) groups is 1. The van der Waals surface area contributed by atoms with Gasteiger partial charge in [0.25, 0.3) is 0 Å². The van der Waals surface area contributed by atoms with Crippen LogP contribution in [0.25, 0.3) is 0 Å². The molecule has 0 aromatic heterocycles. The molecule has 6 heteroatoms. The molecule has 0 bridgehead atoms. The van der Waals surface area contributed by atoms with Crippen LogP contribution in [0.4, 0.5) is 11.4 Å². The van der Waals surface area contributed by atoms with Crippen molar-refractivity contribution in [2.75, 3.05) is 36.9 Å². The number of rotatable bonds is 2. The first-order valence-corrected chi connectivity index (χ1v) is 6.75. The van der Waals surface area contributed by atoms with Gasteiger partial charge in [0.05, 0.1) is 30.2 Å². The summed E-state index contributed by atoms with van der Waals surface area (Å²) in [7, 11) is 0. The zero-order valence-electron chi connectivity index (χ0n) is 11.2. The summed E-state index contributed by atoms with van der Waals surface area (Å²) in [6, 6.07) is 4.86. The lowest BCUT2D eigenvalue weighted by atomic mass is 10.0. The van der Waals surface area contributed by atoms with Crippen molar-refractivity contribution in [3.63, 3.8) is 0 Å². The lowest BCUT2D eigenvalue weighted by molar-refractivity contribution is -0.169. The molecule has 0 unspecified atom stereocenters. The Morgan fingerprint density at radius 1 is 1.25 bits per heavy atom. The lowest BCUT2D eigenvalue weighted by Crippen LogP contribution is -2.45. The first-order chi connectivity index (χ1) is 9.60. The van der Waals surface area contributed by atoms with Crippen LogP contribution in [0.2, 0.25) is 0 Å². The van der Waals surface area contributed by atoms with Gasteiger partial charge in [-0.05, 0) is 18.2 Å². The molecule has 2 aliphatic heterocycles. The first kappa shape index (κ1) is 13.2. The van der Waals surface area contributed by atoms with Crippen LogP contribution in [-0.4, -0.2) is 43.2 Å². The molecule has 0 aliphatic carbocycles. The summed E-state index contributed by atoms with van der Waals surface area (Å²) >= 11 is 0. The summed E-state index contributed by atoms with van der Waals surface area (Å²) in [6.45, 7) is 2.90. The maximum absolute atomic E-state index is 10.9. The standard InChI is InChI=1S/C14H18N2O4/c15-11-9-10(13(17)18)1-2-12(11)16-5-3-14(4-6-16)19-7-8-20-14/h1-2,9H,3-8,15H2,(H,17,18). The number of carboxylic acids is 1. The van der Waals surface area contributed by atoms with Gasteiger partial charge in [0.2, 0.25) is 0 Å². The van der Waals surface area contributed by atoms with Gasteiger partial charge in [-0.25, -0.2) is 4.79 Å². The minimum absolute atomic E-state index is 0.210. The van der Waals surface area contributed by atoms with Crippen LogP contribution in [-0.2, 0) is 9.47 Å². The third kappa shape index (κ3) is 2.32. The monoisotopic (exact) mass is 278 g/mol. The number of anilines is 2. The van der Waals surface area contributed by atoms with E-state index in [9.17, 15) is 4.79 Å². The van der Waals surface area contributed by atoms with Gasteiger partial charge in [0.15, 0.2) is 5.79 Å².